The minimum atomic E-state index is 0.0313. The molecule has 0 N–H and O–H groups in total. The van der Waals surface area contributed by atoms with E-state index in [4.69, 9.17) is 11.6 Å². The minimum Gasteiger partial charge on any atom is -0.295 e. The van der Waals surface area contributed by atoms with Crippen molar-refractivity contribution in [2.24, 2.45) is 0 Å². The van der Waals surface area contributed by atoms with E-state index in [1.807, 2.05) is 12.1 Å². The van der Waals surface area contributed by atoms with Crippen LogP contribution in [-0.4, -0.2) is 5.78 Å². The lowest BCUT2D eigenvalue weighted by atomic mass is 10.1. The molecule has 3 heteroatoms. The van der Waals surface area contributed by atoms with E-state index in [0.29, 0.717) is 10.6 Å². The first-order valence-corrected chi connectivity index (χ1v) is 6.81. The van der Waals surface area contributed by atoms with Gasteiger partial charge in [0.1, 0.15) is 0 Å². The summed E-state index contributed by atoms with van der Waals surface area (Å²) >= 11 is 7.78. The van der Waals surface area contributed by atoms with Crippen molar-refractivity contribution >= 4 is 29.1 Å². The largest absolute Gasteiger partial charge is 0.295 e. The molecule has 0 aromatic heterocycles. The smallest absolute Gasteiger partial charge is 0.159 e. The first-order valence-electron chi connectivity index (χ1n) is 5.61. The molecule has 92 valence electrons. The van der Waals surface area contributed by atoms with Gasteiger partial charge in [-0.15, -0.1) is 0 Å². The van der Waals surface area contributed by atoms with Crippen LogP contribution in [0.25, 0.3) is 0 Å². The summed E-state index contributed by atoms with van der Waals surface area (Å²) in [5.74, 6) is 0.0313. The van der Waals surface area contributed by atoms with Crippen molar-refractivity contribution in [1.29, 1.82) is 0 Å². The van der Waals surface area contributed by atoms with E-state index in [1.165, 1.54) is 5.56 Å². The Morgan fingerprint density at radius 1 is 1.11 bits per heavy atom. The van der Waals surface area contributed by atoms with Gasteiger partial charge in [-0.25, -0.2) is 0 Å². The number of carbonyl (C=O) groups excluding carboxylic acids is 1. The molecule has 0 aliphatic rings. The highest BCUT2D eigenvalue weighted by molar-refractivity contribution is 7.99. The molecule has 0 amide bonds. The van der Waals surface area contributed by atoms with Gasteiger partial charge in [0.2, 0.25) is 0 Å². The SMILES string of the molecule is CC(=O)c1ccc(Sc2ccc(C)cc2)c(Cl)c1. The Morgan fingerprint density at radius 2 is 1.78 bits per heavy atom. The maximum atomic E-state index is 11.2. The maximum Gasteiger partial charge on any atom is 0.159 e. The molecule has 2 aromatic rings. The second-order valence-corrected chi connectivity index (χ2v) is 5.64. The molecule has 0 aliphatic heterocycles. The fourth-order valence-electron chi connectivity index (χ4n) is 1.54. The fraction of sp³-hybridized carbons (Fsp3) is 0.133. The molecule has 0 fully saturated rings. The molecular formula is C15H13ClOS. The van der Waals surface area contributed by atoms with Gasteiger partial charge < -0.3 is 0 Å². The second-order valence-electron chi connectivity index (χ2n) is 4.12. The summed E-state index contributed by atoms with van der Waals surface area (Å²) in [5, 5.41) is 0.619. The van der Waals surface area contributed by atoms with Crippen LogP contribution in [-0.2, 0) is 0 Å². The first kappa shape index (κ1) is 13.2. The van der Waals surface area contributed by atoms with Crippen molar-refractivity contribution in [1.82, 2.24) is 0 Å². The molecule has 0 radical (unpaired) electrons. The van der Waals surface area contributed by atoms with Crippen LogP contribution in [0, 0.1) is 6.92 Å². The summed E-state index contributed by atoms with van der Waals surface area (Å²) in [5.41, 5.74) is 1.88. The number of rotatable bonds is 3. The van der Waals surface area contributed by atoms with Crippen LogP contribution in [0.2, 0.25) is 5.02 Å². The zero-order valence-electron chi connectivity index (χ0n) is 10.2. The fourth-order valence-corrected chi connectivity index (χ4v) is 2.65. The molecule has 0 bridgehead atoms. The van der Waals surface area contributed by atoms with E-state index in [-0.39, 0.29) is 5.78 Å². The van der Waals surface area contributed by atoms with E-state index in [2.05, 4.69) is 31.2 Å². The van der Waals surface area contributed by atoms with Gasteiger partial charge in [0.25, 0.3) is 0 Å². The summed E-state index contributed by atoms with van der Waals surface area (Å²) in [6, 6.07) is 13.7. The van der Waals surface area contributed by atoms with Crippen LogP contribution in [0.5, 0.6) is 0 Å². The van der Waals surface area contributed by atoms with Crippen LogP contribution >= 0.6 is 23.4 Å². The number of Topliss-reactive ketones (excluding diaryl/α,β-unsaturated/α-hetero) is 1. The van der Waals surface area contributed by atoms with Crippen molar-refractivity contribution in [3.63, 3.8) is 0 Å². The third-order valence-corrected chi connectivity index (χ3v) is 4.10. The number of carbonyl (C=O) groups is 1. The van der Waals surface area contributed by atoms with Crippen molar-refractivity contribution in [2.75, 3.05) is 0 Å². The molecule has 0 atom stereocenters. The van der Waals surface area contributed by atoms with Gasteiger partial charge in [0, 0.05) is 15.4 Å². The normalized spacial score (nSPS) is 10.4. The average molecular weight is 277 g/mol. The molecule has 0 heterocycles. The number of benzene rings is 2. The number of hydrogen-bond acceptors (Lipinski definition) is 2. The second kappa shape index (κ2) is 5.59. The monoisotopic (exact) mass is 276 g/mol. The molecule has 0 spiro atoms. The highest BCUT2D eigenvalue weighted by Crippen LogP contribution is 2.33. The van der Waals surface area contributed by atoms with E-state index < -0.39 is 0 Å². The van der Waals surface area contributed by atoms with Gasteiger partial charge in [0.15, 0.2) is 5.78 Å². The van der Waals surface area contributed by atoms with Crippen molar-refractivity contribution < 1.29 is 4.79 Å². The van der Waals surface area contributed by atoms with Gasteiger partial charge in [-0.3, -0.25) is 4.79 Å². The highest BCUT2D eigenvalue weighted by atomic mass is 35.5. The molecule has 0 unspecified atom stereocenters. The lowest BCUT2D eigenvalue weighted by Gasteiger charge is -2.06. The zero-order valence-corrected chi connectivity index (χ0v) is 11.8. The molecule has 1 nitrogen and oxygen atoms in total. The van der Waals surface area contributed by atoms with Crippen molar-refractivity contribution in [3.8, 4) is 0 Å². The van der Waals surface area contributed by atoms with Gasteiger partial charge >= 0.3 is 0 Å². The lowest BCUT2D eigenvalue weighted by molar-refractivity contribution is 0.101. The third-order valence-electron chi connectivity index (χ3n) is 2.59. The van der Waals surface area contributed by atoms with E-state index in [1.54, 1.807) is 24.8 Å². The Hall–Kier alpha value is -1.25. The number of halogens is 1. The van der Waals surface area contributed by atoms with Gasteiger partial charge in [-0.2, -0.15) is 0 Å². The topological polar surface area (TPSA) is 17.1 Å². The molecular weight excluding hydrogens is 264 g/mol. The van der Waals surface area contributed by atoms with Gasteiger partial charge in [-0.1, -0.05) is 47.1 Å². The predicted octanol–water partition coefficient (Wildman–Crippen LogP) is 5.00. The molecule has 0 saturated heterocycles. The summed E-state index contributed by atoms with van der Waals surface area (Å²) in [7, 11) is 0. The predicted molar refractivity (Wildman–Crippen MR) is 76.8 cm³/mol. The van der Waals surface area contributed by atoms with Gasteiger partial charge in [0.05, 0.1) is 5.02 Å². The van der Waals surface area contributed by atoms with Crippen molar-refractivity contribution in [3.05, 3.63) is 58.6 Å². The van der Waals surface area contributed by atoms with E-state index in [9.17, 15) is 4.79 Å². The number of ketones is 1. The van der Waals surface area contributed by atoms with Gasteiger partial charge in [-0.05, 0) is 38.1 Å². The molecule has 2 rings (SSSR count). The number of aryl methyl sites for hydroxylation is 1. The van der Waals surface area contributed by atoms with Crippen LogP contribution in [0.3, 0.4) is 0 Å². The highest BCUT2D eigenvalue weighted by Gasteiger charge is 2.06. The van der Waals surface area contributed by atoms with E-state index >= 15 is 0 Å². The Morgan fingerprint density at radius 3 is 2.33 bits per heavy atom. The van der Waals surface area contributed by atoms with Crippen LogP contribution in [0.4, 0.5) is 0 Å². The standard InChI is InChI=1S/C15H13ClOS/c1-10-3-6-13(7-4-10)18-15-8-5-12(11(2)17)9-14(15)16/h3-9H,1-2H3. The molecule has 2 aromatic carbocycles. The summed E-state index contributed by atoms with van der Waals surface area (Å²) in [6.07, 6.45) is 0. The Balaban J connectivity index is 2.24. The lowest BCUT2D eigenvalue weighted by Crippen LogP contribution is -1.91. The average Bonchev–Trinajstić information content (AvgIpc) is 2.34. The Kier molecular flexibility index (Phi) is 4.10. The number of hydrogen-bond donors (Lipinski definition) is 0. The van der Waals surface area contributed by atoms with Crippen LogP contribution in [0.1, 0.15) is 22.8 Å². The maximum absolute atomic E-state index is 11.2. The third kappa shape index (κ3) is 3.15. The molecule has 0 saturated carbocycles. The minimum absolute atomic E-state index is 0.0313. The van der Waals surface area contributed by atoms with Crippen LogP contribution < -0.4 is 0 Å². The summed E-state index contributed by atoms with van der Waals surface area (Å²) < 4.78 is 0. The quantitative estimate of drug-likeness (QED) is 0.734. The van der Waals surface area contributed by atoms with E-state index in [0.717, 1.165) is 9.79 Å². The molecule has 18 heavy (non-hydrogen) atoms. The summed E-state index contributed by atoms with van der Waals surface area (Å²) in [6.45, 7) is 3.60. The summed E-state index contributed by atoms with van der Waals surface area (Å²) in [4.78, 5) is 13.3. The Bertz CT molecular complexity index is 576. The van der Waals surface area contributed by atoms with Crippen LogP contribution in [0.15, 0.2) is 52.3 Å². The Labute approximate surface area is 116 Å². The molecule has 0 aliphatic carbocycles. The zero-order chi connectivity index (χ0) is 13.1. The van der Waals surface area contributed by atoms with Crippen molar-refractivity contribution in [2.45, 2.75) is 23.6 Å². The first-order chi connectivity index (χ1) is 8.56.